The third kappa shape index (κ3) is 3.19. The number of nitriles is 1. The van der Waals surface area contributed by atoms with Crippen LogP contribution in [0.1, 0.15) is 48.7 Å². The molecule has 1 fully saturated rings. The molecule has 0 unspecified atom stereocenters. The molecule has 2 aromatic rings. The molecule has 0 N–H and O–H groups in total. The highest BCUT2D eigenvalue weighted by Crippen LogP contribution is 2.33. The van der Waals surface area contributed by atoms with Crippen LogP contribution in [-0.2, 0) is 0 Å². The number of ether oxygens (including phenoxy) is 1. The first-order valence-electron chi connectivity index (χ1n) is 7.28. The van der Waals surface area contributed by atoms with Gasteiger partial charge in [-0.05, 0) is 44.0 Å². The molecule has 4 heteroatoms. The molecule has 0 aliphatic heterocycles. The average Bonchev–Trinajstić information content (AvgIpc) is 3.02. The van der Waals surface area contributed by atoms with Gasteiger partial charge in [-0.3, -0.25) is 0 Å². The number of aromatic nitrogens is 2. The molecule has 1 aromatic carbocycles. The highest BCUT2D eigenvalue weighted by Gasteiger charge is 2.20. The minimum atomic E-state index is 0.466. The van der Waals surface area contributed by atoms with Gasteiger partial charge in [0.25, 0.3) is 0 Å². The van der Waals surface area contributed by atoms with Gasteiger partial charge in [-0.2, -0.15) is 10.2 Å². The van der Waals surface area contributed by atoms with Crippen LogP contribution in [0.25, 0.3) is 0 Å². The molecule has 106 valence electrons. The van der Waals surface area contributed by atoms with Gasteiger partial charge in [-0.15, -0.1) is 0 Å². The largest absolute Gasteiger partial charge is 0.439 e. The molecule has 1 aliphatic rings. The van der Waals surface area contributed by atoms with Crippen molar-refractivity contribution < 1.29 is 4.74 Å². The Balaban J connectivity index is 1.82. The molecule has 1 aliphatic carbocycles. The second-order valence-electron chi connectivity index (χ2n) is 5.43. The number of hydrogen-bond donors (Lipinski definition) is 0. The number of rotatable bonds is 3. The van der Waals surface area contributed by atoms with Gasteiger partial charge < -0.3 is 4.74 Å². The predicted octanol–water partition coefficient (Wildman–Crippen LogP) is 4.11. The molecule has 1 saturated carbocycles. The molecule has 0 saturated heterocycles. The third-order valence-electron chi connectivity index (χ3n) is 3.77. The van der Waals surface area contributed by atoms with E-state index >= 15 is 0 Å². The lowest BCUT2D eigenvalue weighted by Gasteiger charge is -2.11. The first-order chi connectivity index (χ1) is 10.2. The molecule has 0 spiro atoms. The van der Waals surface area contributed by atoms with Crippen LogP contribution >= 0.6 is 0 Å². The summed E-state index contributed by atoms with van der Waals surface area (Å²) in [7, 11) is 0. The molecule has 0 amide bonds. The van der Waals surface area contributed by atoms with E-state index in [1.54, 1.807) is 24.3 Å². The second kappa shape index (κ2) is 5.92. The van der Waals surface area contributed by atoms with E-state index in [0.29, 0.717) is 23.1 Å². The molecular weight excluding hydrogens is 262 g/mol. The van der Waals surface area contributed by atoms with Crippen LogP contribution in [0.5, 0.6) is 11.6 Å². The Morgan fingerprint density at radius 1 is 1.14 bits per heavy atom. The van der Waals surface area contributed by atoms with Crippen molar-refractivity contribution in [3.63, 3.8) is 0 Å². The Kier molecular flexibility index (Phi) is 3.83. The van der Waals surface area contributed by atoms with Crippen molar-refractivity contribution in [2.24, 2.45) is 0 Å². The third-order valence-corrected chi connectivity index (χ3v) is 3.77. The van der Waals surface area contributed by atoms with Gasteiger partial charge in [0.1, 0.15) is 11.6 Å². The summed E-state index contributed by atoms with van der Waals surface area (Å²) in [6, 6.07) is 11.0. The van der Waals surface area contributed by atoms with E-state index < -0.39 is 0 Å². The molecular formula is C17H17N3O. The Labute approximate surface area is 124 Å². The molecule has 3 rings (SSSR count). The van der Waals surface area contributed by atoms with Crippen LogP contribution in [0.3, 0.4) is 0 Å². The first kappa shape index (κ1) is 13.6. The van der Waals surface area contributed by atoms with E-state index in [1.165, 1.54) is 25.7 Å². The summed E-state index contributed by atoms with van der Waals surface area (Å²) >= 11 is 0. The van der Waals surface area contributed by atoms with E-state index in [9.17, 15) is 0 Å². The molecule has 0 bridgehead atoms. The van der Waals surface area contributed by atoms with E-state index in [2.05, 4.69) is 16.0 Å². The van der Waals surface area contributed by atoms with Gasteiger partial charge >= 0.3 is 0 Å². The maximum Gasteiger partial charge on any atom is 0.222 e. The van der Waals surface area contributed by atoms with Crippen LogP contribution in [0, 0.1) is 18.3 Å². The molecule has 4 nitrogen and oxygen atoms in total. The van der Waals surface area contributed by atoms with E-state index in [4.69, 9.17) is 10.00 Å². The van der Waals surface area contributed by atoms with Crippen LogP contribution in [0.4, 0.5) is 0 Å². The highest BCUT2D eigenvalue weighted by atomic mass is 16.5. The minimum Gasteiger partial charge on any atom is -0.439 e. The maximum absolute atomic E-state index is 8.80. The van der Waals surface area contributed by atoms with Crippen molar-refractivity contribution in [2.45, 2.75) is 38.5 Å². The fourth-order valence-electron chi connectivity index (χ4n) is 2.70. The summed E-state index contributed by atoms with van der Waals surface area (Å²) in [6.45, 7) is 1.96. The van der Waals surface area contributed by atoms with E-state index in [1.807, 2.05) is 13.0 Å². The lowest BCUT2D eigenvalue weighted by atomic mass is 10.1. The van der Waals surface area contributed by atoms with Crippen molar-refractivity contribution in [1.82, 2.24) is 9.97 Å². The Bertz CT molecular complexity index is 667. The monoisotopic (exact) mass is 279 g/mol. The molecule has 1 aromatic heterocycles. The maximum atomic E-state index is 8.80. The highest BCUT2D eigenvalue weighted by molar-refractivity contribution is 5.36. The van der Waals surface area contributed by atoms with E-state index in [-0.39, 0.29) is 0 Å². The van der Waals surface area contributed by atoms with Crippen molar-refractivity contribution >= 4 is 0 Å². The van der Waals surface area contributed by atoms with Crippen LogP contribution in [0.15, 0.2) is 30.3 Å². The quantitative estimate of drug-likeness (QED) is 0.848. The zero-order valence-corrected chi connectivity index (χ0v) is 12.0. The van der Waals surface area contributed by atoms with Gasteiger partial charge in [-0.25, -0.2) is 4.98 Å². The van der Waals surface area contributed by atoms with E-state index in [0.717, 1.165) is 11.5 Å². The average molecular weight is 279 g/mol. The lowest BCUT2D eigenvalue weighted by Crippen LogP contribution is -2.03. The SMILES string of the molecule is Cc1cc(Oc2ccc(C#N)cc2)nc(C2CCCC2)n1. The number of aryl methyl sites for hydroxylation is 1. The summed E-state index contributed by atoms with van der Waals surface area (Å²) in [4.78, 5) is 9.11. The number of hydrogen-bond acceptors (Lipinski definition) is 4. The van der Waals surface area contributed by atoms with Crippen LogP contribution in [-0.4, -0.2) is 9.97 Å². The summed E-state index contributed by atoms with van der Waals surface area (Å²) in [5.74, 6) is 2.63. The van der Waals surface area contributed by atoms with Gasteiger partial charge in [0.05, 0.1) is 11.6 Å². The number of nitrogens with zero attached hydrogens (tertiary/aromatic N) is 3. The first-order valence-corrected chi connectivity index (χ1v) is 7.28. The molecule has 0 atom stereocenters. The summed E-state index contributed by atoms with van der Waals surface area (Å²) in [5, 5.41) is 8.80. The van der Waals surface area contributed by atoms with Crippen molar-refractivity contribution in [1.29, 1.82) is 5.26 Å². The summed E-state index contributed by atoms with van der Waals surface area (Å²) in [5.41, 5.74) is 1.54. The Morgan fingerprint density at radius 3 is 2.52 bits per heavy atom. The standard InChI is InChI=1S/C17H17N3O/c1-12-10-16(20-17(19-12)14-4-2-3-5-14)21-15-8-6-13(11-18)7-9-15/h6-10,14H,2-5H2,1H3. The summed E-state index contributed by atoms with van der Waals surface area (Å²) in [6.07, 6.45) is 4.85. The van der Waals surface area contributed by atoms with Crippen molar-refractivity contribution in [3.8, 4) is 17.7 Å². The van der Waals surface area contributed by atoms with Gasteiger partial charge in [0.15, 0.2) is 0 Å². The molecule has 1 heterocycles. The van der Waals surface area contributed by atoms with Crippen molar-refractivity contribution in [2.75, 3.05) is 0 Å². The smallest absolute Gasteiger partial charge is 0.222 e. The zero-order valence-electron chi connectivity index (χ0n) is 12.0. The van der Waals surface area contributed by atoms with Crippen molar-refractivity contribution in [3.05, 3.63) is 47.4 Å². The Morgan fingerprint density at radius 2 is 1.86 bits per heavy atom. The van der Waals surface area contributed by atoms with Crippen LogP contribution < -0.4 is 4.74 Å². The zero-order chi connectivity index (χ0) is 14.7. The minimum absolute atomic E-state index is 0.466. The normalized spacial score (nSPS) is 14.9. The second-order valence-corrected chi connectivity index (χ2v) is 5.43. The van der Waals surface area contributed by atoms with Gasteiger partial charge in [0.2, 0.25) is 5.88 Å². The fraction of sp³-hybridized carbons (Fsp3) is 0.353. The Hall–Kier alpha value is -2.41. The lowest BCUT2D eigenvalue weighted by molar-refractivity contribution is 0.454. The molecule has 0 radical (unpaired) electrons. The summed E-state index contributed by atoms with van der Waals surface area (Å²) < 4.78 is 5.80. The van der Waals surface area contributed by atoms with Crippen LogP contribution in [0.2, 0.25) is 0 Å². The topological polar surface area (TPSA) is 58.8 Å². The predicted molar refractivity (Wildman–Crippen MR) is 79.2 cm³/mol. The number of benzene rings is 1. The van der Waals surface area contributed by atoms with Gasteiger partial charge in [0, 0.05) is 17.7 Å². The van der Waals surface area contributed by atoms with Gasteiger partial charge in [-0.1, -0.05) is 12.8 Å². The fourth-order valence-corrected chi connectivity index (χ4v) is 2.70. The molecule has 21 heavy (non-hydrogen) atoms.